The van der Waals surface area contributed by atoms with Gasteiger partial charge in [0.25, 0.3) is 0 Å². The Balaban J connectivity index is 1.62. The Hall–Kier alpha value is -2.94. The zero-order valence-electron chi connectivity index (χ0n) is 19.3. The predicted molar refractivity (Wildman–Crippen MR) is 135 cm³/mol. The molecule has 2 aromatic carbocycles. The van der Waals surface area contributed by atoms with Crippen molar-refractivity contribution in [3.63, 3.8) is 0 Å². The normalized spacial score (nSPS) is 12.3. The Morgan fingerprint density at radius 1 is 1.06 bits per heavy atom. The fourth-order valence-electron chi connectivity index (χ4n) is 3.62. The van der Waals surface area contributed by atoms with Gasteiger partial charge in [-0.25, -0.2) is 13.1 Å². The molecule has 1 unspecified atom stereocenters. The second-order valence-corrected chi connectivity index (χ2v) is 10.4. The summed E-state index contributed by atoms with van der Waals surface area (Å²) < 4.78 is 34.0. The van der Waals surface area contributed by atoms with E-state index >= 15 is 0 Å². The molecular formula is C26H29ClN2O5S. The third-order valence-corrected chi connectivity index (χ3v) is 7.26. The Bertz CT molecular complexity index is 1170. The lowest BCUT2D eigenvalue weighted by molar-refractivity contribution is -0.136. The third kappa shape index (κ3) is 8.98. The number of halogens is 1. The molecule has 1 atom stereocenters. The van der Waals surface area contributed by atoms with Gasteiger partial charge in [-0.3, -0.25) is 9.78 Å². The Kier molecular flexibility index (Phi) is 10.1. The van der Waals surface area contributed by atoms with Crippen LogP contribution in [0.5, 0.6) is 5.75 Å². The van der Waals surface area contributed by atoms with Crippen molar-refractivity contribution in [2.24, 2.45) is 0 Å². The van der Waals surface area contributed by atoms with Crippen LogP contribution in [-0.2, 0) is 21.2 Å². The number of ether oxygens (including phenoxy) is 1. The number of aromatic nitrogens is 1. The zero-order chi connectivity index (χ0) is 25.1. The minimum absolute atomic E-state index is 0.0519. The molecule has 3 rings (SSSR count). The average Bonchev–Trinajstić information content (AvgIpc) is 2.85. The number of rotatable bonds is 14. The van der Waals surface area contributed by atoms with Crippen LogP contribution in [0.3, 0.4) is 0 Å². The predicted octanol–water partition coefficient (Wildman–Crippen LogP) is 5.06. The monoisotopic (exact) mass is 516 g/mol. The third-order valence-electron chi connectivity index (χ3n) is 5.57. The molecule has 0 bridgehead atoms. The first-order chi connectivity index (χ1) is 16.8. The maximum atomic E-state index is 12.8. The van der Waals surface area contributed by atoms with Crippen molar-refractivity contribution in [2.45, 2.75) is 42.9 Å². The molecule has 9 heteroatoms. The van der Waals surface area contributed by atoms with Crippen molar-refractivity contribution in [3.05, 3.63) is 89.2 Å². The van der Waals surface area contributed by atoms with Gasteiger partial charge in [-0.15, -0.1) is 0 Å². The lowest BCUT2D eigenvalue weighted by atomic mass is 9.92. The molecule has 1 heterocycles. The van der Waals surface area contributed by atoms with Crippen molar-refractivity contribution in [1.29, 1.82) is 0 Å². The van der Waals surface area contributed by atoms with Gasteiger partial charge in [-0.05, 0) is 79.1 Å². The van der Waals surface area contributed by atoms with Crippen LogP contribution < -0.4 is 9.46 Å². The second-order valence-electron chi connectivity index (χ2n) is 8.17. The molecule has 35 heavy (non-hydrogen) atoms. The maximum absolute atomic E-state index is 12.8. The molecular weight excluding hydrogens is 488 g/mol. The molecule has 0 aliphatic heterocycles. The molecule has 0 amide bonds. The molecule has 0 aliphatic rings. The number of nitrogens with one attached hydrogen (secondary N) is 1. The van der Waals surface area contributed by atoms with Gasteiger partial charge in [-0.2, -0.15) is 0 Å². The number of pyridine rings is 1. The van der Waals surface area contributed by atoms with E-state index in [4.69, 9.17) is 21.4 Å². The van der Waals surface area contributed by atoms with E-state index in [0.29, 0.717) is 18.1 Å². The summed E-state index contributed by atoms with van der Waals surface area (Å²) in [5.74, 6) is -0.169. The molecule has 0 spiro atoms. The van der Waals surface area contributed by atoms with Gasteiger partial charge in [0.15, 0.2) is 0 Å². The molecule has 0 fully saturated rings. The fourth-order valence-corrected chi connectivity index (χ4v) is 4.82. The van der Waals surface area contributed by atoms with Gasteiger partial charge in [0.05, 0.1) is 17.7 Å². The highest BCUT2D eigenvalue weighted by Crippen LogP contribution is 2.24. The molecule has 0 saturated carbocycles. The van der Waals surface area contributed by atoms with Crippen molar-refractivity contribution in [1.82, 2.24) is 9.71 Å². The number of aryl methyl sites for hydroxylation is 1. The Morgan fingerprint density at radius 2 is 1.80 bits per heavy atom. The van der Waals surface area contributed by atoms with E-state index in [-0.39, 0.29) is 23.8 Å². The number of nitrogens with zero attached hydrogens (tertiary/aromatic N) is 1. The van der Waals surface area contributed by atoms with Crippen LogP contribution in [0.1, 0.15) is 42.7 Å². The first-order valence-corrected chi connectivity index (χ1v) is 13.3. The molecule has 0 saturated heterocycles. The number of carboxylic acid groups (broad SMARTS) is 1. The van der Waals surface area contributed by atoms with Crippen molar-refractivity contribution >= 4 is 27.6 Å². The molecule has 0 radical (unpaired) electrons. The van der Waals surface area contributed by atoms with Gasteiger partial charge in [0.1, 0.15) is 5.75 Å². The van der Waals surface area contributed by atoms with Crippen LogP contribution in [0.15, 0.2) is 78.0 Å². The highest BCUT2D eigenvalue weighted by molar-refractivity contribution is 7.89. The molecule has 7 nitrogen and oxygen atoms in total. The molecule has 2 N–H and O–H groups in total. The van der Waals surface area contributed by atoms with E-state index in [1.165, 1.54) is 12.1 Å². The summed E-state index contributed by atoms with van der Waals surface area (Å²) in [6.45, 7) is 0.784. The number of sulfonamides is 1. The van der Waals surface area contributed by atoms with E-state index in [0.717, 1.165) is 36.1 Å². The van der Waals surface area contributed by atoms with Gasteiger partial charge in [0, 0.05) is 24.2 Å². The number of carboxylic acids is 1. The van der Waals surface area contributed by atoms with Gasteiger partial charge >= 0.3 is 5.97 Å². The van der Waals surface area contributed by atoms with Crippen molar-refractivity contribution in [3.8, 4) is 5.75 Å². The topological polar surface area (TPSA) is 106 Å². The summed E-state index contributed by atoms with van der Waals surface area (Å²) in [5, 5.41) is 9.37. The summed E-state index contributed by atoms with van der Waals surface area (Å²) >= 11 is 5.88. The van der Waals surface area contributed by atoms with Crippen LogP contribution in [0.4, 0.5) is 0 Å². The zero-order valence-corrected chi connectivity index (χ0v) is 20.8. The Labute approximate surface area is 211 Å². The van der Waals surface area contributed by atoms with Crippen LogP contribution in [0.2, 0.25) is 5.02 Å². The maximum Gasteiger partial charge on any atom is 0.303 e. The first-order valence-electron chi connectivity index (χ1n) is 11.4. The fraction of sp³-hybridized carbons (Fsp3) is 0.308. The van der Waals surface area contributed by atoms with Crippen molar-refractivity contribution in [2.75, 3.05) is 13.2 Å². The van der Waals surface area contributed by atoms with E-state index in [2.05, 4.69) is 9.71 Å². The van der Waals surface area contributed by atoms with E-state index in [1.54, 1.807) is 24.5 Å². The number of hydrogen-bond donors (Lipinski definition) is 2. The smallest absolute Gasteiger partial charge is 0.303 e. The van der Waals surface area contributed by atoms with Crippen molar-refractivity contribution < 1.29 is 23.1 Å². The Morgan fingerprint density at radius 3 is 2.46 bits per heavy atom. The van der Waals surface area contributed by atoms with E-state index < -0.39 is 16.0 Å². The number of carbonyl (C=O) groups is 1. The minimum Gasteiger partial charge on any atom is -0.492 e. The summed E-state index contributed by atoms with van der Waals surface area (Å²) in [4.78, 5) is 15.0. The first kappa shape index (κ1) is 26.7. The number of hydrogen-bond acceptors (Lipinski definition) is 5. The van der Waals surface area contributed by atoms with E-state index in [9.17, 15) is 13.2 Å². The van der Waals surface area contributed by atoms with Crippen LogP contribution in [0.25, 0.3) is 0 Å². The summed E-state index contributed by atoms with van der Waals surface area (Å²) in [6, 6.07) is 17.4. The number of aliphatic carboxylic acids is 1. The highest BCUT2D eigenvalue weighted by atomic mass is 35.5. The summed E-state index contributed by atoms with van der Waals surface area (Å²) in [5.41, 5.74) is 1.93. The van der Waals surface area contributed by atoms with Crippen LogP contribution >= 0.6 is 11.6 Å². The van der Waals surface area contributed by atoms with Crippen LogP contribution in [0, 0.1) is 0 Å². The summed E-state index contributed by atoms with van der Waals surface area (Å²) in [7, 11) is -3.68. The second kappa shape index (κ2) is 13.2. The van der Waals surface area contributed by atoms with Gasteiger partial charge < -0.3 is 9.84 Å². The average molecular weight is 517 g/mol. The lowest BCUT2D eigenvalue weighted by Crippen LogP contribution is -2.28. The lowest BCUT2D eigenvalue weighted by Gasteiger charge is -2.19. The largest absolute Gasteiger partial charge is 0.492 e. The molecule has 3 aromatic rings. The quantitative estimate of drug-likeness (QED) is 0.290. The van der Waals surface area contributed by atoms with Gasteiger partial charge in [0.2, 0.25) is 10.0 Å². The minimum atomic E-state index is -3.68. The molecule has 186 valence electrons. The molecule has 0 aliphatic carbocycles. The highest BCUT2D eigenvalue weighted by Gasteiger charge is 2.18. The number of benzene rings is 2. The van der Waals surface area contributed by atoms with Crippen LogP contribution in [-0.4, -0.2) is 37.6 Å². The van der Waals surface area contributed by atoms with E-state index in [1.807, 2.05) is 36.4 Å². The SMILES string of the molecule is O=C(O)CCc1ccc(C(CCCCOc2cccnc2)CNS(=O)(=O)c2ccc(Cl)cc2)cc1. The summed E-state index contributed by atoms with van der Waals surface area (Å²) in [6.07, 6.45) is 6.29. The molecule has 1 aromatic heterocycles. The standard InChI is InChI=1S/C26H29ClN2O5S/c27-23-11-13-25(14-12-23)35(32,33)29-18-22(4-1-2-17-34-24-5-3-16-28-19-24)21-9-6-20(7-10-21)8-15-26(30)31/h3,5-7,9-14,16,19,22,29H,1-2,4,8,15,17-18H2,(H,30,31). The number of unbranched alkanes of at least 4 members (excludes halogenated alkanes) is 1. The van der Waals surface area contributed by atoms with Gasteiger partial charge in [-0.1, -0.05) is 35.9 Å².